The van der Waals surface area contributed by atoms with Crippen LogP contribution in [0.3, 0.4) is 0 Å². The molecular weight excluding hydrogens is 679 g/mol. The molecule has 8 rings (SSSR count). The van der Waals surface area contributed by atoms with Gasteiger partial charge in [0.2, 0.25) is 0 Å². The van der Waals surface area contributed by atoms with Gasteiger partial charge in [0.1, 0.15) is 0 Å². The van der Waals surface area contributed by atoms with E-state index in [4.69, 9.17) is 0 Å². The zero-order valence-corrected chi connectivity index (χ0v) is 29.2. The number of hydrogen-bond acceptors (Lipinski definition) is 0. The molecule has 0 spiro atoms. The van der Waals surface area contributed by atoms with E-state index in [0.717, 1.165) is 6.42 Å². The normalized spacial score (nSPS) is 11.7. The summed E-state index contributed by atoms with van der Waals surface area (Å²) in [7, 11) is 0. The van der Waals surface area contributed by atoms with Crippen LogP contribution in [-0.4, -0.2) is 3.21 Å². The Morgan fingerprint density at radius 3 is 1.61 bits per heavy atom. The van der Waals surface area contributed by atoms with Crippen LogP contribution in [0.25, 0.3) is 49.4 Å². The Morgan fingerprint density at radius 1 is 0.565 bits per heavy atom. The second-order valence-electron chi connectivity index (χ2n) is 11.0. The Morgan fingerprint density at radius 2 is 1.07 bits per heavy atom. The molecule has 0 heterocycles. The fourth-order valence-corrected chi connectivity index (χ4v) is 7.01. The standard InChI is InChI=1S/C30H21.C13H10.2ClH.Zr/c1-3-11-21(12-4-1)26-20-27(22-13-5-2-6-14-22)30-25-18-10-9-17-24(25)19-28(30)29(26)23-15-7-8-16-23;1-3-7-12(8-4-1)11-13-9-5-2-6-10-13;;;/h1-15,17-20H,16H2;1-10H;2*1H;/q-1;;;;+2/p-2. The number of benzene rings is 6. The van der Waals surface area contributed by atoms with Crippen LogP contribution in [0.4, 0.5) is 0 Å². The van der Waals surface area contributed by atoms with Gasteiger partial charge in [0.05, 0.1) is 0 Å². The van der Waals surface area contributed by atoms with Gasteiger partial charge in [0.15, 0.2) is 0 Å². The number of fused-ring (bicyclic) bond motifs is 3. The van der Waals surface area contributed by atoms with Crippen LogP contribution in [0, 0.1) is 0 Å². The van der Waals surface area contributed by atoms with Crippen molar-refractivity contribution in [2.75, 3.05) is 0 Å². The number of hydrogen-bond donors (Lipinski definition) is 0. The minimum absolute atomic E-state index is 0. The molecule has 0 bridgehead atoms. The molecule has 0 fully saturated rings. The Balaban J connectivity index is 0.000000221. The zero-order valence-electron chi connectivity index (χ0n) is 25.2. The fourth-order valence-electron chi connectivity index (χ4n) is 6.19. The van der Waals surface area contributed by atoms with Crippen molar-refractivity contribution >= 4 is 30.3 Å². The van der Waals surface area contributed by atoms with Crippen LogP contribution < -0.4 is 24.8 Å². The van der Waals surface area contributed by atoms with Crippen molar-refractivity contribution in [1.82, 2.24) is 0 Å². The van der Waals surface area contributed by atoms with Crippen LogP contribution in [-0.2, 0) is 24.2 Å². The van der Waals surface area contributed by atoms with E-state index in [9.17, 15) is 0 Å². The number of rotatable bonds is 5. The van der Waals surface area contributed by atoms with Crippen molar-refractivity contribution in [1.29, 1.82) is 0 Å². The summed E-state index contributed by atoms with van der Waals surface area (Å²) in [6.07, 6.45) is 7.70. The summed E-state index contributed by atoms with van der Waals surface area (Å²) in [5, 5.41) is 5.35. The monoisotopic (exact) mass is 707 g/mol. The van der Waals surface area contributed by atoms with E-state index in [1.807, 2.05) is 0 Å². The predicted molar refractivity (Wildman–Crippen MR) is 186 cm³/mol. The maximum absolute atomic E-state index is 2.41. The van der Waals surface area contributed by atoms with Gasteiger partial charge in [-0.1, -0.05) is 120 Å². The molecule has 0 aromatic heterocycles. The number of halogens is 2. The average molecular weight is 710 g/mol. The summed E-state index contributed by atoms with van der Waals surface area (Å²) in [5.41, 5.74) is 10.6. The third-order valence-electron chi connectivity index (χ3n) is 8.28. The van der Waals surface area contributed by atoms with Crippen LogP contribution in [0.2, 0.25) is 0 Å². The van der Waals surface area contributed by atoms with E-state index in [1.165, 1.54) is 93.5 Å². The van der Waals surface area contributed by atoms with E-state index in [-0.39, 0.29) is 24.8 Å². The summed E-state index contributed by atoms with van der Waals surface area (Å²) in [6.45, 7) is 0. The van der Waals surface area contributed by atoms with E-state index >= 15 is 0 Å². The third kappa shape index (κ3) is 6.89. The van der Waals surface area contributed by atoms with Crippen molar-refractivity contribution in [2.24, 2.45) is 0 Å². The minimum atomic E-state index is 0. The average Bonchev–Trinajstić information content (AvgIpc) is 3.78. The summed E-state index contributed by atoms with van der Waals surface area (Å²) in [5.74, 6) is 0. The SMILES string of the molecule is C1=CCC(c2c(-c3ccccc3)cc(-c3ccccc3)c3c2[cH-]c2ccccc23)=C1.[Cl-].[Cl-].[Zr+2]=[C](c1ccccc1)c1ccccc1. The topological polar surface area (TPSA) is 0 Å². The fraction of sp³-hybridized carbons (Fsp3) is 0.0233. The first-order valence-electron chi connectivity index (χ1n) is 15.1. The molecule has 46 heavy (non-hydrogen) atoms. The van der Waals surface area contributed by atoms with Gasteiger partial charge < -0.3 is 24.8 Å². The number of allylic oxidation sites excluding steroid dienone is 4. The quantitative estimate of drug-likeness (QED) is 0.216. The Bertz CT molecular complexity index is 2080. The second kappa shape index (κ2) is 15.5. The van der Waals surface area contributed by atoms with Crippen molar-refractivity contribution in [3.05, 3.63) is 193 Å². The molecule has 1 aliphatic carbocycles. The van der Waals surface area contributed by atoms with Gasteiger partial charge in [-0.15, -0.1) is 33.7 Å². The first-order valence-corrected chi connectivity index (χ1v) is 16.3. The van der Waals surface area contributed by atoms with Gasteiger partial charge >= 0.3 is 99.2 Å². The van der Waals surface area contributed by atoms with Crippen LogP contribution in [0.15, 0.2) is 176 Å². The van der Waals surface area contributed by atoms with Crippen molar-refractivity contribution in [3.8, 4) is 22.3 Å². The van der Waals surface area contributed by atoms with Gasteiger partial charge in [-0.3, -0.25) is 0 Å². The molecule has 0 radical (unpaired) electrons. The first-order chi connectivity index (χ1) is 21.8. The van der Waals surface area contributed by atoms with E-state index in [2.05, 4.69) is 176 Å². The van der Waals surface area contributed by atoms with E-state index < -0.39 is 0 Å². The molecule has 0 unspecified atom stereocenters. The van der Waals surface area contributed by atoms with Crippen LogP contribution in [0.5, 0.6) is 0 Å². The van der Waals surface area contributed by atoms with Gasteiger partial charge in [-0.05, 0) is 23.1 Å². The third-order valence-corrected chi connectivity index (χ3v) is 9.70. The Kier molecular flexibility index (Phi) is 11.3. The van der Waals surface area contributed by atoms with Crippen molar-refractivity contribution in [3.63, 3.8) is 0 Å². The molecule has 222 valence electrons. The van der Waals surface area contributed by atoms with Crippen molar-refractivity contribution < 1.29 is 49.0 Å². The van der Waals surface area contributed by atoms with Gasteiger partial charge in [0, 0.05) is 0 Å². The second-order valence-corrected chi connectivity index (χ2v) is 12.3. The molecule has 7 aromatic rings. The molecule has 0 aliphatic heterocycles. The first kappa shape index (κ1) is 33.4. The molecule has 0 amide bonds. The van der Waals surface area contributed by atoms with Crippen LogP contribution in [0.1, 0.15) is 23.1 Å². The molecule has 3 heteroatoms. The van der Waals surface area contributed by atoms with Gasteiger partial charge in [-0.25, -0.2) is 0 Å². The van der Waals surface area contributed by atoms with E-state index in [1.54, 1.807) is 0 Å². The summed E-state index contributed by atoms with van der Waals surface area (Å²) >= 11 is 1.46. The Hall–Kier alpha value is -4.00. The molecule has 0 saturated heterocycles. The molecule has 1 aliphatic rings. The zero-order chi connectivity index (χ0) is 29.7. The molecule has 0 N–H and O–H groups in total. The van der Waals surface area contributed by atoms with E-state index in [0.29, 0.717) is 0 Å². The Labute approximate surface area is 298 Å². The summed E-state index contributed by atoms with van der Waals surface area (Å²) < 4.78 is 1.42. The van der Waals surface area contributed by atoms with Gasteiger partial charge in [-0.2, -0.15) is 0 Å². The molecule has 7 aromatic carbocycles. The van der Waals surface area contributed by atoms with Crippen LogP contribution >= 0.6 is 0 Å². The molecule has 0 saturated carbocycles. The summed E-state index contributed by atoms with van der Waals surface area (Å²) in [6, 6.07) is 56.3. The molecule has 0 atom stereocenters. The summed E-state index contributed by atoms with van der Waals surface area (Å²) in [4.78, 5) is 0. The molecular formula is C43H31Cl2Zr-. The van der Waals surface area contributed by atoms with Crippen molar-refractivity contribution in [2.45, 2.75) is 6.42 Å². The van der Waals surface area contributed by atoms with Gasteiger partial charge in [0.25, 0.3) is 0 Å². The molecule has 0 nitrogen and oxygen atoms in total. The maximum atomic E-state index is 2.41. The predicted octanol–water partition coefficient (Wildman–Crippen LogP) is 5.20.